The fraction of sp³-hybridized carbons (Fsp3) is 0. The average molecular weight is 1860 g/mol. The minimum Gasteiger partial charge on any atom is -0.455 e. The van der Waals surface area contributed by atoms with E-state index < -0.39 is 0 Å². The van der Waals surface area contributed by atoms with Crippen LogP contribution in [0, 0.1) is 0 Å². The van der Waals surface area contributed by atoms with E-state index in [0.29, 0.717) is 0 Å². The van der Waals surface area contributed by atoms with E-state index in [1.807, 2.05) is 0 Å². The van der Waals surface area contributed by atoms with Crippen molar-refractivity contribution in [2.45, 2.75) is 0 Å². The van der Waals surface area contributed by atoms with Gasteiger partial charge in [-0.1, -0.05) is 358 Å². The Morgan fingerprint density at radius 2 is 0.329 bits per heavy atom. The van der Waals surface area contributed by atoms with Crippen LogP contribution in [0.4, 0.5) is 0 Å². The van der Waals surface area contributed by atoms with Gasteiger partial charge in [-0.25, -0.2) is 0 Å². The first-order valence-electron chi connectivity index (χ1n) is 50.0. The molecule has 8 nitrogen and oxygen atoms in total. The molecule has 682 valence electrons. The smallest absolute Gasteiger partial charge is 0.159 e. The molecule has 0 unspecified atom stereocenters. The molecule has 0 spiro atoms. The number of benzene rings is 23. The lowest BCUT2D eigenvalue weighted by Gasteiger charge is -2.13. The van der Waals surface area contributed by atoms with Gasteiger partial charge in [0.25, 0.3) is 0 Å². The van der Waals surface area contributed by atoms with Crippen LogP contribution in [-0.2, 0) is 0 Å². The summed E-state index contributed by atoms with van der Waals surface area (Å²) in [7, 11) is 0. The number of rotatable bonds is 12. The zero-order chi connectivity index (χ0) is 96.0. The molecule has 0 aliphatic heterocycles. The minimum atomic E-state index is 0.870. The molecule has 31 rings (SSSR count). The van der Waals surface area contributed by atoms with Gasteiger partial charge in [-0.05, 0) is 237 Å². The predicted molar refractivity (Wildman–Crippen MR) is 613 cm³/mol. The number of fused-ring (bicyclic) bond motifs is 24. The fourth-order valence-corrected chi connectivity index (χ4v) is 23.4. The molecule has 0 aliphatic carbocycles. The molecule has 23 aromatic carbocycles. The molecule has 0 atom stereocenters. The SMILES string of the molecule is c1cc(-c2cccc(-n3c4ccccc4c4ccccc43)c2)cc(-n2c3ccccc3c3ccccc32)c1.c1cc(-c2cccc3c2oc2ccc(-c4ccc5oc6c(-n7c8ccccc8c8ccccc87)cccc6c5c4)cc23)cc(-n2c3ccccc3c3ccccc32)c1.c1ccc(-c2ccc3c(c2)c2ccccc2n3-c2cccc(-c3cccc(-n4c5ccccc5c5cc(-c6ccccc6)ccc54)c3)c2)cc1. The molecule has 0 aliphatic rings. The molecule has 0 fully saturated rings. The highest BCUT2D eigenvalue weighted by Gasteiger charge is 2.25. The lowest BCUT2D eigenvalue weighted by atomic mass is 9.99. The van der Waals surface area contributed by atoms with Gasteiger partial charge in [-0.2, -0.15) is 0 Å². The van der Waals surface area contributed by atoms with E-state index in [4.69, 9.17) is 8.83 Å². The zero-order valence-electron chi connectivity index (χ0n) is 79.3. The van der Waals surface area contributed by atoms with Crippen molar-refractivity contribution in [2.75, 3.05) is 0 Å². The van der Waals surface area contributed by atoms with Crippen LogP contribution < -0.4 is 0 Å². The van der Waals surface area contributed by atoms with Crippen LogP contribution in [0.5, 0.6) is 0 Å². The highest BCUT2D eigenvalue weighted by molar-refractivity contribution is 6.18. The van der Waals surface area contributed by atoms with Crippen LogP contribution in [0.1, 0.15) is 0 Å². The number of para-hydroxylation sites is 12. The molecule has 0 N–H and O–H groups in total. The van der Waals surface area contributed by atoms with Crippen molar-refractivity contribution in [1.82, 2.24) is 27.4 Å². The molecule has 8 heteroatoms. The highest BCUT2D eigenvalue weighted by atomic mass is 16.3. The Bertz CT molecular complexity index is 10100. The summed E-state index contributed by atoms with van der Waals surface area (Å²) in [6.07, 6.45) is 0. The number of hydrogen-bond acceptors (Lipinski definition) is 2. The van der Waals surface area contributed by atoms with Gasteiger partial charge < -0.3 is 36.2 Å². The van der Waals surface area contributed by atoms with Crippen LogP contribution in [-0.4, -0.2) is 27.4 Å². The average Bonchev–Trinajstić information content (AvgIpc) is 1.57. The quantitative estimate of drug-likeness (QED) is 0.122. The van der Waals surface area contributed by atoms with E-state index in [9.17, 15) is 0 Å². The summed E-state index contributed by atoms with van der Waals surface area (Å²) in [5, 5.41) is 19.5. The van der Waals surface area contributed by atoms with E-state index in [-0.39, 0.29) is 0 Å². The molecule has 0 bridgehead atoms. The highest BCUT2D eigenvalue weighted by Crippen LogP contribution is 2.47. The van der Waals surface area contributed by atoms with Crippen LogP contribution >= 0.6 is 0 Å². The second-order valence-electron chi connectivity index (χ2n) is 38.1. The summed E-state index contributed by atoms with van der Waals surface area (Å²) in [6, 6.07) is 192. The first-order chi connectivity index (χ1) is 72.4. The second-order valence-corrected chi connectivity index (χ2v) is 38.1. The molecular formula is C138H88N6O2. The van der Waals surface area contributed by atoms with Gasteiger partial charge in [0.15, 0.2) is 5.58 Å². The van der Waals surface area contributed by atoms with E-state index >= 15 is 0 Å². The Labute approximate surface area is 839 Å². The Kier molecular flexibility index (Phi) is 19.5. The minimum absolute atomic E-state index is 0.870. The molecule has 0 radical (unpaired) electrons. The van der Waals surface area contributed by atoms with Crippen molar-refractivity contribution in [3.8, 4) is 101 Å². The largest absolute Gasteiger partial charge is 0.455 e. The summed E-state index contributed by atoms with van der Waals surface area (Å²) in [4.78, 5) is 0. The Balaban J connectivity index is 0.000000106. The monoisotopic (exact) mass is 1860 g/mol. The van der Waals surface area contributed by atoms with Crippen molar-refractivity contribution >= 4 is 175 Å². The van der Waals surface area contributed by atoms with Crippen molar-refractivity contribution in [2.24, 2.45) is 0 Å². The number of hydrogen-bond donors (Lipinski definition) is 0. The van der Waals surface area contributed by atoms with Gasteiger partial charge in [0.05, 0.1) is 71.9 Å². The third kappa shape index (κ3) is 13.7. The van der Waals surface area contributed by atoms with Gasteiger partial charge in [0.1, 0.15) is 16.7 Å². The number of furan rings is 2. The Morgan fingerprint density at radius 3 is 0.658 bits per heavy atom. The zero-order valence-corrected chi connectivity index (χ0v) is 79.3. The van der Waals surface area contributed by atoms with Crippen molar-refractivity contribution in [1.29, 1.82) is 0 Å². The van der Waals surface area contributed by atoms with E-state index in [1.165, 1.54) is 176 Å². The van der Waals surface area contributed by atoms with Gasteiger partial charge in [0, 0.05) is 120 Å². The summed E-state index contributed by atoms with van der Waals surface area (Å²) < 4.78 is 27.7. The normalized spacial score (nSPS) is 11.8. The predicted octanol–water partition coefficient (Wildman–Crippen LogP) is 37.4. The van der Waals surface area contributed by atoms with Gasteiger partial charge in [-0.15, -0.1) is 0 Å². The van der Waals surface area contributed by atoms with Crippen LogP contribution in [0.2, 0.25) is 0 Å². The Morgan fingerprint density at radius 1 is 0.116 bits per heavy atom. The molecule has 0 saturated carbocycles. The molecule has 146 heavy (non-hydrogen) atoms. The lowest BCUT2D eigenvalue weighted by Crippen LogP contribution is -1.96. The summed E-state index contributed by atoms with van der Waals surface area (Å²) in [5.41, 5.74) is 38.9. The van der Waals surface area contributed by atoms with Crippen molar-refractivity contribution in [3.05, 3.63) is 534 Å². The van der Waals surface area contributed by atoms with Crippen LogP contribution in [0.15, 0.2) is 543 Å². The molecule has 0 saturated heterocycles. The third-order valence-electron chi connectivity index (χ3n) is 29.9. The Hall–Kier alpha value is -19.5. The second kappa shape index (κ2) is 34.2. The van der Waals surface area contributed by atoms with Crippen molar-refractivity contribution in [3.63, 3.8) is 0 Å². The topological polar surface area (TPSA) is 55.9 Å². The maximum atomic E-state index is 6.70. The summed E-state index contributed by atoms with van der Waals surface area (Å²) in [5.74, 6) is 0. The fourth-order valence-electron chi connectivity index (χ4n) is 23.4. The molecule has 31 aromatic rings. The number of nitrogens with zero attached hydrogens (tertiary/aromatic N) is 6. The van der Waals surface area contributed by atoms with Gasteiger partial charge in [0.2, 0.25) is 0 Å². The third-order valence-corrected chi connectivity index (χ3v) is 29.9. The molecule has 8 aromatic heterocycles. The van der Waals surface area contributed by atoms with Crippen LogP contribution in [0.25, 0.3) is 276 Å². The van der Waals surface area contributed by atoms with Gasteiger partial charge >= 0.3 is 0 Å². The standard InChI is InChI=1S/C54H32N2O2.C48H32N2.C36H24N2/c1-5-21-46-38(14-1)39-15-2-6-22-47(39)55(46)36-13-9-12-35(30-36)37-18-10-19-42-44-31-33(26-28-51(44)57-53(37)42)34-27-29-52-45(32-34)43-20-11-25-50(54(43)58-52)56-48-23-7-3-16-40(48)41-17-4-8-24-49(41)56;1-3-13-33(14-4-1)37-25-27-47-43(31-37)41-21-7-9-23-45(41)49(47)39-19-11-17-35(29-39)36-18-12-20-40(30-36)50-46-24-10-8-22-42(46)44-32-38(26-28-48(44)50)34-15-5-2-6-16-34;1-5-19-33-29(15-1)30-16-2-6-20-34(30)37(33)27-13-9-11-25(23-27)26-12-10-14-28(24-26)38-35-21-7-3-17-31(35)32-18-4-8-22-36(32)38/h1-32H;1-32H;1-24H. The summed E-state index contributed by atoms with van der Waals surface area (Å²) in [6.45, 7) is 0. The van der Waals surface area contributed by atoms with E-state index in [1.54, 1.807) is 0 Å². The van der Waals surface area contributed by atoms with E-state index in [2.05, 4.69) is 561 Å². The van der Waals surface area contributed by atoms with Gasteiger partial charge in [-0.3, -0.25) is 0 Å². The van der Waals surface area contributed by atoms with Crippen LogP contribution in [0.3, 0.4) is 0 Å². The maximum absolute atomic E-state index is 6.70. The maximum Gasteiger partial charge on any atom is 0.159 e. The summed E-state index contributed by atoms with van der Waals surface area (Å²) >= 11 is 0. The number of aromatic nitrogens is 6. The first kappa shape index (κ1) is 83.4. The molecule has 0 amide bonds. The first-order valence-corrected chi connectivity index (χ1v) is 50.0. The van der Waals surface area contributed by atoms with Crippen molar-refractivity contribution < 1.29 is 8.83 Å². The molecule has 8 heterocycles. The lowest BCUT2D eigenvalue weighted by molar-refractivity contribution is 0.666. The van der Waals surface area contributed by atoms with E-state index in [0.717, 1.165) is 99.9 Å². The molecular weight excluding hydrogens is 1770 g/mol.